The van der Waals surface area contributed by atoms with E-state index in [9.17, 15) is 19.5 Å². The molecule has 5 nitrogen and oxygen atoms in total. The van der Waals surface area contributed by atoms with E-state index in [1.54, 1.807) is 0 Å². The van der Waals surface area contributed by atoms with E-state index in [4.69, 9.17) is 4.42 Å². The molecule has 1 aliphatic rings. The van der Waals surface area contributed by atoms with E-state index in [2.05, 4.69) is 0 Å². The monoisotopic (exact) mass is 348 g/mol. The second-order valence-corrected chi connectivity index (χ2v) is 6.55. The summed E-state index contributed by atoms with van der Waals surface area (Å²) in [6.07, 6.45) is 0.764. The van der Waals surface area contributed by atoms with Crippen LogP contribution < -0.4 is 5.43 Å². The second kappa shape index (κ2) is 5.66. The normalized spacial score (nSPS) is 14.2. The van der Waals surface area contributed by atoms with Crippen LogP contribution in [-0.2, 0) is 0 Å². The molecule has 0 bridgehead atoms. The quantitative estimate of drug-likeness (QED) is 0.596. The summed E-state index contributed by atoms with van der Waals surface area (Å²) >= 11 is 0. The van der Waals surface area contributed by atoms with E-state index in [-0.39, 0.29) is 56.1 Å². The molecule has 1 N–H and O–H groups in total. The average Bonchev–Trinajstić information content (AvgIpc) is 2.64. The molecule has 1 aliphatic carbocycles. The zero-order valence-corrected chi connectivity index (χ0v) is 14.3. The van der Waals surface area contributed by atoms with Gasteiger partial charge in [-0.3, -0.25) is 14.4 Å². The Morgan fingerprint density at radius 2 is 1.73 bits per heavy atom. The summed E-state index contributed by atoms with van der Waals surface area (Å²) < 4.78 is 5.91. The highest BCUT2D eigenvalue weighted by molar-refractivity contribution is 6.32. The fourth-order valence-electron chi connectivity index (χ4n) is 3.33. The van der Waals surface area contributed by atoms with Crippen molar-refractivity contribution in [1.82, 2.24) is 0 Å². The number of fused-ring (bicyclic) bond motifs is 4. The molecule has 130 valence electrons. The van der Waals surface area contributed by atoms with Gasteiger partial charge in [-0.1, -0.05) is 26.0 Å². The number of benzene rings is 2. The van der Waals surface area contributed by atoms with Crippen LogP contribution in [0.1, 0.15) is 63.8 Å². The van der Waals surface area contributed by atoms with Crippen LogP contribution in [0.3, 0.4) is 0 Å². The summed E-state index contributed by atoms with van der Waals surface area (Å²) in [5.74, 6) is -0.671. The molecule has 0 aliphatic heterocycles. The van der Waals surface area contributed by atoms with Crippen LogP contribution in [0.2, 0.25) is 0 Å². The van der Waals surface area contributed by atoms with Gasteiger partial charge in [-0.15, -0.1) is 0 Å². The molecule has 1 aromatic heterocycles. The summed E-state index contributed by atoms with van der Waals surface area (Å²) in [5, 5.41) is 10.4. The predicted molar refractivity (Wildman–Crippen MR) is 96.2 cm³/mol. The first kappa shape index (κ1) is 16.3. The third kappa shape index (κ3) is 2.13. The number of carbonyl (C=O) groups excluding carboxylic acids is 2. The minimum Gasteiger partial charge on any atom is -0.507 e. The van der Waals surface area contributed by atoms with E-state index in [0.29, 0.717) is 5.76 Å². The number of phenolic OH excluding ortho intramolecular Hbond substituents is 1. The van der Waals surface area contributed by atoms with Gasteiger partial charge in [-0.2, -0.15) is 0 Å². The van der Waals surface area contributed by atoms with Crippen LogP contribution in [0.5, 0.6) is 5.75 Å². The number of aromatic hydroxyl groups is 1. The minimum absolute atomic E-state index is 0.00182. The highest BCUT2D eigenvalue weighted by Gasteiger charge is 2.34. The van der Waals surface area contributed by atoms with Crippen LogP contribution in [0, 0.1) is 0 Å². The molecular weight excluding hydrogens is 332 g/mol. The molecule has 0 fully saturated rings. The second-order valence-electron chi connectivity index (χ2n) is 6.55. The molecular formula is C21H16O5. The zero-order valence-electron chi connectivity index (χ0n) is 14.3. The SMILES string of the molecule is CC[C@H](C)c1cc(=O)c2ccc3c(c2o1)C(=O)c1c(O)cccc1C3=O. The van der Waals surface area contributed by atoms with Gasteiger partial charge in [-0.05, 0) is 24.6 Å². The smallest absolute Gasteiger partial charge is 0.202 e. The Morgan fingerprint density at radius 3 is 2.46 bits per heavy atom. The summed E-state index contributed by atoms with van der Waals surface area (Å²) in [6, 6.07) is 8.81. The van der Waals surface area contributed by atoms with Crippen LogP contribution in [0.25, 0.3) is 11.0 Å². The van der Waals surface area contributed by atoms with Crippen molar-refractivity contribution in [1.29, 1.82) is 0 Å². The number of ketones is 2. The van der Waals surface area contributed by atoms with Crippen molar-refractivity contribution in [3.05, 3.63) is 74.6 Å². The molecule has 0 saturated carbocycles. The van der Waals surface area contributed by atoms with Crippen LogP contribution in [0.4, 0.5) is 0 Å². The van der Waals surface area contributed by atoms with E-state index in [1.165, 1.54) is 36.4 Å². The first-order chi connectivity index (χ1) is 12.4. The summed E-state index contributed by atoms with van der Waals surface area (Å²) in [7, 11) is 0. The average molecular weight is 348 g/mol. The van der Waals surface area contributed by atoms with Crippen molar-refractivity contribution >= 4 is 22.5 Å². The maximum absolute atomic E-state index is 13.1. The van der Waals surface area contributed by atoms with Crippen molar-refractivity contribution in [2.24, 2.45) is 0 Å². The number of hydrogen-bond acceptors (Lipinski definition) is 5. The van der Waals surface area contributed by atoms with Gasteiger partial charge in [0.25, 0.3) is 0 Å². The van der Waals surface area contributed by atoms with Crippen molar-refractivity contribution < 1.29 is 19.1 Å². The molecule has 1 heterocycles. The molecule has 0 saturated heterocycles. The van der Waals surface area contributed by atoms with Gasteiger partial charge < -0.3 is 9.52 Å². The maximum atomic E-state index is 13.1. The summed E-state index contributed by atoms with van der Waals surface area (Å²) in [4.78, 5) is 38.4. The van der Waals surface area contributed by atoms with Gasteiger partial charge in [0.1, 0.15) is 17.1 Å². The highest BCUT2D eigenvalue weighted by Crippen LogP contribution is 2.36. The number of phenols is 1. The van der Waals surface area contributed by atoms with Gasteiger partial charge in [0.2, 0.25) is 5.78 Å². The van der Waals surface area contributed by atoms with Crippen LogP contribution >= 0.6 is 0 Å². The largest absolute Gasteiger partial charge is 0.507 e. The number of carbonyl (C=O) groups is 2. The van der Waals surface area contributed by atoms with Crippen molar-refractivity contribution in [2.45, 2.75) is 26.2 Å². The molecule has 3 aromatic rings. The molecule has 0 amide bonds. The van der Waals surface area contributed by atoms with Gasteiger partial charge in [0.05, 0.1) is 16.5 Å². The third-order valence-electron chi connectivity index (χ3n) is 5.00. The Bertz CT molecular complexity index is 1150. The van der Waals surface area contributed by atoms with E-state index in [0.717, 1.165) is 6.42 Å². The van der Waals surface area contributed by atoms with Gasteiger partial charge in [-0.25, -0.2) is 0 Å². The maximum Gasteiger partial charge on any atom is 0.202 e. The Morgan fingerprint density at radius 1 is 1.00 bits per heavy atom. The lowest BCUT2D eigenvalue weighted by atomic mass is 9.82. The summed E-state index contributed by atoms with van der Waals surface area (Å²) in [6.45, 7) is 3.89. The fraction of sp³-hybridized carbons (Fsp3) is 0.190. The molecule has 4 rings (SSSR count). The van der Waals surface area contributed by atoms with Crippen molar-refractivity contribution in [3.63, 3.8) is 0 Å². The predicted octanol–water partition coefficient (Wildman–Crippen LogP) is 3.79. The number of hydrogen-bond donors (Lipinski definition) is 1. The first-order valence-corrected chi connectivity index (χ1v) is 8.46. The first-order valence-electron chi connectivity index (χ1n) is 8.46. The lowest BCUT2D eigenvalue weighted by Gasteiger charge is -2.19. The summed E-state index contributed by atoms with van der Waals surface area (Å²) in [5.41, 5.74) is 0.190. The minimum atomic E-state index is -0.511. The van der Waals surface area contributed by atoms with Gasteiger partial charge in [0, 0.05) is 23.1 Å². The Labute approximate surface area is 148 Å². The van der Waals surface area contributed by atoms with E-state index in [1.807, 2.05) is 13.8 Å². The fourth-order valence-corrected chi connectivity index (χ4v) is 3.33. The topological polar surface area (TPSA) is 84.6 Å². The van der Waals surface area contributed by atoms with Crippen LogP contribution in [-0.4, -0.2) is 16.7 Å². The molecule has 0 radical (unpaired) electrons. The molecule has 2 aromatic carbocycles. The Balaban J connectivity index is 2.10. The lowest BCUT2D eigenvalue weighted by molar-refractivity contribution is 0.0977. The third-order valence-corrected chi connectivity index (χ3v) is 5.00. The zero-order chi connectivity index (χ0) is 18.6. The van der Waals surface area contributed by atoms with Gasteiger partial charge in [0.15, 0.2) is 11.2 Å². The lowest BCUT2D eigenvalue weighted by Crippen LogP contribution is -2.22. The highest BCUT2D eigenvalue weighted by atomic mass is 16.3. The van der Waals surface area contributed by atoms with E-state index < -0.39 is 5.78 Å². The molecule has 0 spiro atoms. The molecule has 5 heteroatoms. The standard InChI is InChI=1S/C21H16O5/c1-3-10(2)16-9-15(23)11-7-8-13-18(21(11)26-16)20(25)17-12(19(13)24)5-4-6-14(17)22/h4-10,22H,3H2,1-2H3/t10-/m0/s1. The molecule has 0 unspecified atom stereocenters. The van der Waals surface area contributed by atoms with E-state index >= 15 is 0 Å². The molecule has 26 heavy (non-hydrogen) atoms. The Hall–Kier alpha value is -3.21. The van der Waals surface area contributed by atoms with Crippen LogP contribution in [0.15, 0.2) is 45.6 Å². The Kier molecular flexibility index (Phi) is 3.54. The van der Waals surface area contributed by atoms with Crippen molar-refractivity contribution in [3.8, 4) is 5.75 Å². The molecule has 1 atom stereocenters. The number of rotatable bonds is 2. The van der Waals surface area contributed by atoms with Gasteiger partial charge >= 0.3 is 0 Å². The van der Waals surface area contributed by atoms with Crippen molar-refractivity contribution in [2.75, 3.05) is 0 Å².